The summed E-state index contributed by atoms with van der Waals surface area (Å²) >= 11 is 5.08. The minimum absolute atomic E-state index is 0.0866. The van der Waals surface area contributed by atoms with Crippen LogP contribution in [-0.4, -0.2) is 42.2 Å². The number of amides is 1. The van der Waals surface area contributed by atoms with Crippen LogP contribution in [0.2, 0.25) is 0 Å². The molecule has 1 aromatic rings. The van der Waals surface area contributed by atoms with Crippen molar-refractivity contribution in [2.75, 3.05) is 31.6 Å². The lowest BCUT2D eigenvalue weighted by molar-refractivity contribution is -0.119. The SMILES string of the molecule is CCC(=O)NC(=S)Nc1ccc(CN2CCOCC2)cc1. The van der Waals surface area contributed by atoms with E-state index < -0.39 is 0 Å². The van der Waals surface area contributed by atoms with Gasteiger partial charge in [0.05, 0.1) is 13.2 Å². The van der Waals surface area contributed by atoms with E-state index in [1.807, 2.05) is 12.1 Å². The molecule has 1 aliphatic rings. The minimum atomic E-state index is -0.0866. The molecule has 0 saturated carbocycles. The summed E-state index contributed by atoms with van der Waals surface area (Å²) in [5, 5.41) is 5.96. The largest absolute Gasteiger partial charge is 0.379 e. The lowest BCUT2D eigenvalue weighted by Gasteiger charge is -2.26. The van der Waals surface area contributed by atoms with Gasteiger partial charge in [-0.15, -0.1) is 0 Å². The predicted molar refractivity (Wildman–Crippen MR) is 87.2 cm³/mol. The van der Waals surface area contributed by atoms with Crippen LogP contribution in [0.5, 0.6) is 0 Å². The molecule has 1 aromatic carbocycles. The summed E-state index contributed by atoms with van der Waals surface area (Å²) in [7, 11) is 0. The van der Waals surface area contributed by atoms with Crippen molar-refractivity contribution in [3.8, 4) is 0 Å². The van der Waals surface area contributed by atoms with Crippen LogP contribution >= 0.6 is 12.2 Å². The van der Waals surface area contributed by atoms with Gasteiger partial charge in [0.25, 0.3) is 0 Å². The molecule has 1 fully saturated rings. The lowest BCUT2D eigenvalue weighted by Crippen LogP contribution is -2.35. The van der Waals surface area contributed by atoms with Crippen molar-refractivity contribution in [3.63, 3.8) is 0 Å². The standard InChI is InChI=1S/C15H21N3O2S/c1-2-14(19)17-15(21)16-13-5-3-12(4-6-13)11-18-7-9-20-10-8-18/h3-6H,2,7-11H2,1H3,(H2,16,17,19,21). The first kappa shape index (κ1) is 15.9. The van der Waals surface area contributed by atoms with E-state index in [1.54, 1.807) is 6.92 Å². The average molecular weight is 307 g/mol. The van der Waals surface area contributed by atoms with Crippen molar-refractivity contribution in [2.45, 2.75) is 19.9 Å². The van der Waals surface area contributed by atoms with E-state index in [0.717, 1.165) is 38.5 Å². The van der Waals surface area contributed by atoms with E-state index in [1.165, 1.54) is 5.56 Å². The molecule has 0 aromatic heterocycles. The summed E-state index contributed by atoms with van der Waals surface area (Å²) in [6.45, 7) is 6.30. The van der Waals surface area contributed by atoms with E-state index >= 15 is 0 Å². The summed E-state index contributed by atoms with van der Waals surface area (Å²) in [5.41, 5.74) is 2.13. The number of morpholine rings is 1. The van der Waals surface area contributed by atoms with Gasteiger partial charge >= 0.3 is 0 Å². The molecule has 114 valence electrons. The monoisotopic (exact) mass is 307 g/mol. The molecule has 0 atom stereocenters. The molecular weight excluding hydrogens is 286 g/mol. The Morgan fingerprint density at radius 3 is 2.57 bits per heavy atom. The highest BCUT2D eigenvalue weighted by Crippen LogP contribution is 2.12. The number of ether oxygens (including phenoxy) is 1. The summed E-state index contributed by atoms with van der Waals surface area (Å²) in [6.07, 6.45) is 0.417. The molecule has 1 amide bonds. The molecule has 0 bridgehead atoms. The number of benzene rings is 1. The fraction of sp³-hybridized carbons (Fsp3) is 0.467. The highest BCUT2D eigenvalue weighted by atomic mass is 32.1. The fourth-order valence-corrected chi connectivity index (χ4v) is 2.32. The average Bonchev–Trinajstić information content (AvgIpc) is 2.50. The predicted octanol–water partition coefficient (Wildman–Crippen LogP) is 1.74. The molecule has 2 N–H and O–H groups in total. The molecule has 6 heteroatoms. The highest BCUT2D eigenvalue weighted by molar-refractivity contribution is 7.80. The number of rotatable bonds is 4. The molecule has 2 rings (SSSR count). The molecule has 0 radical (unpaired) electrons. The number of nitrogens with zero attached hydrogens (tertiary/aromatic N) is 1. The fourth-order valence-electron chi connectivity index (χ4n) is 2.09. The van der Waals surface area contributed by atoms with Gasteiger partial charge in [0.1, 0.15) is 0 Å². The first-order chi connectivity index (χ1) is 10.2. The number of nitrogens with one attached hydrogen (secondary N) is 2. The highest BCUT2D eigenvalue weighted by Gasteiger charge is 2.10. The quantitative estimate of drug-likeness (QED) is 0.830. The molecule has 21 heavy (non-hydrogen) atoms. The van der Waals surface area contributed by atoms with Crippen LogP contribution in [0, 0.1) is 0 Å². The van der Waals surface area contributed by atoms with Crippen molar-refractivity contribution in [2.24, 2.45) is 0 Å². The molecule has 5 nitrogen and oxygen atoms in total. The normalized spacial score (nSPS) is 15.5. The Labute approximate surface area is 130 Å². The Bertz CT molecular complexity index is 484. The van der Waals surface area contributed by atoms with Crippen molar-refractivity contribution < 1.29 is 9.53 Å². The maximum absolute atomic E-state index is 11.2. The van der Waals surface area contributed by atoms with Crippen LogP contribution in [0.3, 0.4) is 0 Å². The number of hydrogen-bond acceptors (Lipinski definition) is 4. The Morgan fingerprint density at radius 1 is 1.29 bits per heavy atom. The molecule has 0 aliphatic carbocycles. The van der Waals surface area contributed by atoms with Crippen molar-refractivity contribution in [1.82, 2.24) is 10.2 Å². The molecule has 0 spiro atoms. The first-order valence-corrected chi connectivity index (χ1v) is 7.58. The Kier molecular flexibility index (Phi) is 6.10. The number of anilines is 1. The van der Waals surface area contributed by atoms with Crippen molar-refractivity contribution >= 4 is 28.9 Å². The van der Waals surface area contributed by atoms with Crippen LogP contribution < -0.4 is 10.6 Å². The molecule has 1 heterocycles. The zero-order valence-electron chi connectivity index (χ0n) is 12.2. The zero-order chi connectivity index (χ0) is 15.1. The number of hydrogen-bond donors (Lipinski definition) is 2. The van der Waals surface area contributed by atoms with Crippen LogP contribution in [0.1, 0.15) is 18.9 Å². The smallest absolute Gasteiger partial charge is 0.225 e. The zero-order valence-corrected chi connectivity index (χ0v) is 13.0. The third-order valence-electron chi connectivity index (χ3n) is 3.30. The topological polar surface area (TPSA) is 53.6 Å². The first-order valence-electron chi connectivity index (χ1n) is 7.17. The Morgan fingerprint density at radius 2 is 1.95 bits per heavy atom. The summed E-state index contributed by atoms with van der Waals surface area (Å²) in [6, 6.07) is 8.09. The summed E-state index contributed by atoms with van der Waals surface area (Å²) in [4.78, 5) is 13.6. The lowest BCUT2D eigenvalue weighted by atomic mass is 10.2. The van der Waals surface area contributed by atoms with Gasteiger partial charge in [0.2, 0.25) is 5.91 Å². The summed E-state index contributed by atoms with van der Waals surface area (Å²) in [5.74, 6) is -0.0866. The number of thiocarbonyl (C=S) groups is 1. The second-order valence-electron chi connectivity index (χ2n) is 4.94. The summed E-state index contributed by atoms with van der Waals surface area (Å²) < 4.78 is 5.34. The minimum Gasteiger partial charge on any atom is -0.379 e. The van der Waals surface area contributed by atoms with Crippen LogP contribution in [-0.2, 0) is 16.1 Å². The van der Waals surface area contributed by atoms with Gasteiger partial charge in [0.15, 0.2) is 5.11 Å². The van der Waals surface area contributed by atoms with Crippen LogP contribution in [0.4, 0.5) is 5.69 Å². The molecule has 0 unspecified atom stereocenters. The molecule has 1 aliphatic heterocycles. The van der Waals surface area contributed by atoms with Gasteiger partial charge in [0, 0.05) is 31.7 Å². The van der Waals surface area contributed by atoms with Crippen LogP contribution in [0.15, 0.2) is 24.3 Å². The van der Waals surface area contributed by atoms with Gasteiger partial charge in [-0.3, -0.25) is 9.69 Å². The van der Waals surface area contributed by atoms with E-state index in [9.17, 15) is 4.79 Å². The number of carbonyl (C=O) groups is 1. The number of carbonyl (C=O) groups excluding carboxylic acids is 1. The Balaban J connectivity index is 1.83. The van der Waals surface area contributed by atoms with E-state index in [-0.39, 0.29) is 5.91 Å². The van der Waals surface area contributed by atoms with Gasteiger partial charge < -0.3 is 15.4 Å². The second-order valence-corrected chi connectivity index (χ2v) is 5.35. The van der Waals surface area contributed by atoms with Crippen molar-refractivity contribution in [3.05, 3.63) is 29.8 Å². The maximum Gasteiger partial charge on any atom is 0.225 e. The molecular formula is C15H21N3O2S. The second kappa shape index (κ2) is 8.07. The van der Waals surface area contributed by atoms with Crippen LogP contribution in [0.25, 0.3) is 0 Å². The third kappa shape index (κ3) is 5.41. The maximum atomic E-state index is 11.2. The Hall–Kier alpha value is -1.50. The van der Waals surface area contributed by atoms with Gasteiger partial charge in [-0.2, -0.15) is 0 Å². The van der Waals surface area contributed by atoms with Crippen molar-refractivity contribution in [1.29, 1.82) is 0 Å². The molecule has 1 saturated heterocycles. The van der Waals surface area contributed by atoms with Gasteiger partial charge in [-0.25, -0.2) is 0 Å². The van der Waals surface area contributed by atoms with E-state index in [2.05, 4.69) is 27.7 Å². The van der Waals surface area contributed by atoms with E-state index in [4.69, 9.17) is 17.0 Å². The van der Waals surface area contributed by atoms with E-state index in [0.29, 0.717) is 11.5 Å². The van der Waals surface area contributed by atoms with Gasteiger partial charge in [-0.1, -0.05) is 19.1 Å². The third-order valence-corrected chi connectivity index (χ3v) is 3.50. The van der Waals surface area contributed by atoms with Gasteiger partial charge in [-0.05, 0) is 29.9 Å².